The zero-order valence-corrected chi connectivity index (χ0v) is 20.9. The molecule has 0 fully saturated rings. The summed E-state index contributed by atoms with van der Waals surface area (Å²) >= 11 is 0. The van der Waals surface area contributed by atoms with E-state index in [2.05, 4.69) is 168 Å². The molecule has 7 rings (SSSR count). The van der Waals surface area contributed by atoms with Crippen molar-refractivity contribution in [2.45, 2.75) is 0 Å². The highest BCUT2D eigenvalue weighted by Crippen LogP contribution is 2.30. The van der Waals surface area contributed by atoms with Crippen LogP contribution < -0.4 is 20.2 Å². The van der Waals surface area contributed by atoms with Crippen LogP contribution in [0.4, 0.5) is 11.4 Å². The summed E-state index contributed by atoms with van der Waals surface area (Å²) < 4.78 is 0. The lowest BCUT2D eigenvalue weighted by atomic mass is 10.1. The topological polar surface area (TPSA) is 6.48 Å². The molecule has 0 atom stereocenters. The van der Waals surface area contributed by atoms with Crippen molar-refractivity contribution < 1.29 is 0 Å². The van der Waals surface area contributed by atoms with E-state index in [0.717, 1.165) is 0 Å². The van der Waals surface area contributed by atoms with Crippen molar-refractivity contribution in [2.24, 2.45) is 0 Å². The smallest absolute Gasteiger partial charge is 0.0527 e. The van der Waals surface area contributed by atoms with Crippen LogP contribution in [0, 0.1) is 0 Å². The van der Waals surface area contributed by atoms with Crippen molar-refractivity contribution >= 4 is 44.1 Å². The number of fused-ring (bicyclic) bond motifs is 2. The fourth-order valence-electron chi connectivity index (χ4n) is 5.28. The Morgan fingerprint density at radius 3 is 1.13 bits per heavy atom. The minimum Gasteiger partial charge on any atom is -0.323 e. The highest BCUT2D eigenvalue weighted by molar-refractivity contribution is 5.96. The molecule has 0 spiro atoms. The van der Waals surface area contributed by atoms with E-state index in [0.29, 0.717) is 0 Å². The van der Waals surface area contributed by atoms with E-state index in [1.54, 1.807) is 0 Å². The third kappa shape index (κ3) is 4.03. The Kier molecular flexibility index (Phi) is 5.49. The van der Waals surface area contributed by atoms with Gasteiger partial charge in [0.1, 0.15) is 0 Å². The summed E-state index contributed by atoms with van der Waals surface area (Å²) in [5.74, 6) is 0. The molecule has 0 bridgehead atoms. The summed E-state index contributed by atoms with van der Waals surface area (Å²) in [6.07, 6.45) is 17.3. The normalized spacial score (nSPS) is 14.7. The molecule has 0 saturated carbocycles. The molecule has 5 aromatic carbocycles. The number of rotatable bonds is 2. The van der Waals surface area contributed by atoms with Gasteiger partial charge in [-0.05, 0) is 68.8 Å². The maximum atomic E-state index is 2.21. The number of hydrogen-bond acceptors (Lipinski definition) is 2. The van der Waals surface area contributed by atoms with Gasteiger partial charge in [0.2, 0.25) is 0 Å². The van der Waals surface area contributed by atoms with Crippen LogP contribution >= 0.6 is 0 Å². The van der Waals surface area contributed by atoms with Crippen LogP contribution in [0.1, 0.15) is 0 Å². The largest absolute Gasteiger partial charge is 0.323 e. The van der Waals surface area contributed by atoms with Gasteiger partial charge in [-0.25, -0.2) is 0 Å². The maximum Gasteiger partial charge on any atom is 0.0527 e. The van der Waals surface area contributed by atoms with Crippen LogP contribution in [0.15, 0.2) is 158 Å². The van der Waals surface area contributed by atoms with E-state index >= 15 is 0 Å². The average molecular weight is 487 g/mol. The lowest BCUT2D eigenvalue weighted by Crippen LogP contribution is -2.16. The van der Waals surface area contributed by atoms with Crippen LogP contribution in [0.25, 0.3) is 32.7 Å². The first-order valence-corrected chi connectivity index (χ1v) is 12.9. The average Bonchev–Trinajstić information content (AvgIpc) is 3.01. The molecule has 0 radical (unpaired) electrons. The summed E-state index contributed by atoms with van der Waals surface area (Å²) in [6, 6.07) is 38.7. The lowest BCUT2D eigenvalue weighted by Gasteiger charge is -2.21. The SMILES string of the molecule is C1=CN(c2cccc3ccccc23)C=CC1=c1ccc(=C2C=CN(c3cccc4ccccc34)C=C2)cc1. The summed E-state index contributed by atoms with van der Waals surface area (Å²) in [7, 11) is 0. The maximum absolute atomic E-state index is 2.21. The first-order chi connectivity index (χ1) is 18.8. The van der Waals surface area contributed by atoms with Crippen molar-refractivity contribution in [1.82, 2.24) is 0 Å². The molecule has 180 valence electrons. The van der Waals surface area contributed by atoms with Crippen LogP contribution in [0.3, 0.4) is 0 Å². The predicted octanol–water partition coefficient (Wildman–Crippen LogP) is 7.39. The minimum atomic E-state index is 1.19. The van der Waals surface area contributed by atoms with Crippen LogP contribution in [0.5, 0.6) is 0 Å². The molecule has 2 nitrogen and oxygen atoms in total. The van der Waals surface area contributed by atoms with Gasteiger partial charge in [0.15, 0.2) is 0 Å². The van der Waals surface area contributed by atoms with Crippen LogP contribution in [-0.2, 0) is 0 Å². The molecule has 5 aromatic rings. The first kappa shape index (κ1) is 22.1. The molecule has 0 unspecified atom stereocenters. The third-order valence-electron chi connectivity index (χ3n) is 7.30. The first-order valence-electron chi connectivity index (χ1n) is 12.9. The molecule has 0 amide bonds. The van der Waals surface area contributed by atoms with E-state index in [-0.39, 0.29) is 0 Å². The zero-order valence-electron chi connectivity index (χ0n) is 20.9. The molecule has 38 heavy (non-hydrogen) atoms. The Balaban J connectivity index is 1.15. The van der Waals surface area contributed by atoms with Crippen molar-refractivity contribution in [3.05, 3.63) is 169 Å². The fraction of sp³-hybridized carbons (Fsp3) is 0. The van der Waals surface area contributed by atoms with E-state index in [9.17, 15) is 0 Å². The van der Waals surface area contributed by atoms with E-state index < -0.39 is 0 Å². The molecule has 0 aromatic heterocycles. The van der Waals surface area contributed by atoms with E-state index in [1.807, 2.05) is 0 Å². The van der Waals surface area contributed by atoms with E-state index in [1.165, 1.54) is 54.5 Å². The lowest BCUT2D eigenvalue weighted by molar-refractivity contribution is 1.28. The van der Waals surface area contributed by atoms with Gasteiger partial charge in [0, 0.05) is 35.6 Å². The van der Waals surface area contributed by atoms with Gasteiger partial charge in [-0.3, -0.25) is 0 Å². The molecule has 2 heterocycles. The number of nitrogens with zero attached hydrogens (tertiary/aromatic N) is 2. The van der Waals surface area contributed by atoms with Crippen molar-refractivity contribution in [2.75, 3.05) is 9.80 Å². The Morgan fingerprint density at radius 2 is 0.711 bits per heavy atom. The molecule has 0 saturated heterocycles. The van der Waals surface area contributed by atoms with Crippen LogP contribution in [0.2, 0.25) is 0 Å². The van der Waals surface area contributed by atoms with Gasteiger partial charge in [0.25, 0.3) is 0 Å². The summed E-state index contributed by atoms with van der Waals surface area (Å²) in [5, 5.41) is 7.42. The molecule has 2 heteroatoms. The van der Waals surface area contributed by atoms with Gasteiger partial charge in [-0.2, -0.15) is 0 Å². The Labute approximate surface area is 222 Å². The summed E-state index contributed by atoms with van der Waals surface area (Å²) in [6.45, 7) is 0. The Morgan fingerprint density at radius 1 is 0.342 bits per heavy atom. The second-order valence-electron chi connectivity index (χ2n) is 9.56. The molecule has 2 aliphatic heterocycles. The zero-order chi connectivity index (χ0) is 25.3. The van der Waals surface area contributed by atoms with E-state index in [4.69, 9.17) is 0 Å². The quantitative estimate of drug-likeness (QED) is 0.257. The predicted molar refractivity (Wildman–Crippen MR) is 162 cm³/mol. The second kappa shape index (κ2) is 9.42. The molecular weight excluding hydrogens is 460 g/mol. The molecule has 0 N–H and O–H groups in total. The van der Waals surface area contributed by atoms with Crippen molar-refractivity contribution in [1.29, 1.82) is 0 Å². The highest BCUT2D eigenvalue weighted by Gasteiger charge is 2.09. The number of benzene rings is 5. The van der Waals surface area contributed by atoms with Gasteiger partial charge in [-0.1, -0.05) is 97.1 Å². The molecule has 0 aliphatic carbocycles. The Bertz CT molecular complexity index is 1730. The fourth-order valence-corrected chi connectivity index (χ4v) is 5.28. The number of hydrogen-bond donors (Lipinski definition) is 0. The van der Waals surface area contributed by atoms with Gasteiger partial charge < -0.3 is 9.80 Å². The number of anilines is 2. The summed E-state index contributed by atoms with van der Waals surface area (Å²) in [5.41, 5.74) is 4.79. The van der Waals surface area contributed by atoms with Gasteiger partial charge in [-0.15, -0.1) is 0 Å². The van der Waals surface area contributed by atoms with Crippen LogP contribution in [-0.4, -0.2) is 0 Å². The van der Waals surface area contributed by atoms with Crippen molar-refractivity contribution in [3.63, 3.8) is 0 Å². The summed E-state index contributed by atoms with van der Waals surface area (Å²) in [4.78, 5) is 4.38. The molecular formula is C36H26N2. The third-order valence-corrected chi connectivity index (χ3v) is 7.30. The second-order valence-corrected chi connectivity index (χ2v) is 9.56. The Hall–Kier alpha value is -5.08. The monoisotopic (exact) mass is 486 g/mol. The van der Waals surface area contributed by atoms with Crippen molar-refractivity contribution in [3.8, 4) is 0 Å². The number of allylic oxidation sites excluding steroid dienone is 4. The minimum absolute atomic E-state index is 1.19. The highest BCUT2D eigenvalue weighted by atomic mass is 15.1. The molecule has 2 aliphatic rings. The van der Waals surface area contributed by atoms with Gasteiger partial charge in [0.05, 0.1) is 11.4 Å². The standard InChI is InChI=1S/C36H26N2/c1-3-11-33-31(7-1)9-5-13-35(33)37-23-19-29(20-24-37)27-15-17-28(18-16-27)30-21-25-38(26-22-30)36-14-6-10-32-8-2-4-12-34(32)36/h1-26H. The van der Waals surface area contributed by atoms with Gasteiger partial charge >= 0.3 is 0 Å².